The van der Waals surface area contributed by atoms with Gasteiger partial charge in [0.2, 0.25) is 0 Å². The van der Waals surface area contributed by atoms with E-state index < -0.39 is 0 Å². The summed E-state index contributed by atoms with van der Waals surface area (Å²) in [5.74, 6) is 0.145. The number of benzene rings is 3. The van der Waals surface area contributed by atoms with Gasteiger partial charge in [-0.1, -0.05) is 49.4 Å². The SMILES string of the molecule is CCN1CCN(c2cc(CNC(=O)c3cccc(Nc4ccc(-c5ccccc5)nn4)c3)ccc2F)CC1. The summed E-state index contributed by atoms with van der Waals surface area (Å²) in [5.41, 5.74) is 4.49. The molecule has 7 nitrogen and oxygen atoms in total. The van der Waals surface area contributed by atoms with Gasteiger partial charge in [-0.05, 0) is 54.6 Å². The zero-order valence-electron chi connectivity index (χ0n) is 21.4. The fourth-order valence-corrected chi connectivity index (χ4v) is 4.55. The highest BCUT2D eigenvalue weighted by Crippen LogP contribution is 2.23. The number of halogens is 1. The zero-order valence-corrected chi connectivity index (χ0v) is 21.4. The van der Waals surface area contributed by atoms with Crippen molar-refractivity contribution in [3.63, 3.8) is 0 Å². The number of carbonyl (C=O) groups excluding carboxylic acids is 1. The fraction of sp³-hybridized carbons (Fsp3) is 0.233. The summed E-state index contributed by atoms with van der Waals surface area (Å²) < 4.78 is 14.6. The topological polar surface area (TPSA) is 73.4 Å². The van der Waals surface area contributed by atoms with E-state index in [1.807, 2.05) is 60.7 Å². The molecule has 0 aliphatic carbocycles. The smallest absolute Gasteiger partial charge is 0.251 e. The Morgan fingerprint density at radius 1 is 0.895 bits per heavy atom. The van der Waals surface area contributed by atoms with Crippen molar-refractivity contribution in [2.45, 2.75) is 13.5 Å². The predicted molar refractivity (Wildman–Crippen MR) is 149 cm³/mol. The molecular formula is C30H31FN6O. The number of hydrogen-bond donors (Lipinski definition) is 2. The molecule has 1 saturated heterocycles. The lowest BCUT2D eigenvalue weighted by Crippen LogP contribution is -2.46. The lowest BCUT2D eigenvalue weighted by Gasteiger charge is -2.35. The summed E-state index contributed by atoms with van der Waals surface area (Å²) in [6, 6.07) is 25.9. The first-order valence-electron chi connectivity index (χ1n) is 12.9. The normalized spacial score (nSPS) is 13.8. The minimum atomic E-state index is -0.233. The number of likely N-dealkylation sites (N-methyl/N-ethyl adjacent to an activating group) is 1. The number of amides is 1. The summed E-state index contributed by atoms with van der Waals surface area (Å²) in [5, 5.41) is 14.7. The number of hydrogen-bond acceptors (Lipinski definition) is 6. The van der Waals surface area contributed by atoms with Crippen molar-refractivity contribution in [2.75, 3.05) is 42.9 Å². The largest absolute Gasteiger partial charge is 0.367 e. The molecule has 0 radical (unpaired) electrons. The van der Waals surface area contributed by atoms with Crippen LogP contribution in [0.3, 0.4) is 0 Å². The Balaban J connectivity index is 1.20. The van der Waals surface area contributed by atoms with Crippen LogP contribution in [-0.2, 0) is 6.54 Å². The van der Waals surface area contributed by atoms with Crippen molar-refractivity contribution in [3.05, 3.63) is 102 Å². The number of nitrogens with one attached hydrogen (secondary N) is 2. The van der Waals surface area contributed by atoms with Crippen molar-refractivity contribution < 1.29 is 9.18 Å². The lowest BCUT2D eigenvalue weighted by atomic mass is 10.1. The van der Waals surface area contributed by atoms with Crippen LogP contribution < -0.4 is 15.5 Å². The maximum atomic E-state index is 14.6. The van der Waals surface area contributed by atoms with Gasteiger partial charge in [0.25, 0.3) is 5.91 Å². The van der Waals surface area contributed by atoms with Gasteiger partial charge in [0.15, 0.2) is 5.82 Å². The second-order valence-corrected chi connectivity index (χ2v) is 9.27. The molecule has 1 amide bonds. The van der Waals surface area contributed by atoms with Gasteiger partial charge in [-0.15, -0.1) is 10.2 Å². The van der Waals surface area contributed by atoms with E-state index in [-0.39, 0.29) is 11.7 Å². The van der Waals surface area contributed by atoms with Gasteiger partial charge < -0.3 is 20.4 Å². The molecule has 8 heteroatoms. The zero-order chi connectivity index (χ0) is 26.3. The third-order valence-electron chi connectivity index (χ3n) is 6.76. The average molecular weight is 511 g/mol. The Labute approximate surface area is 222 Å². The second-order valence-electron chi connectivity index (χ2n) is 9.27. The first kappa shape index (κ1) is 25.4. The number of nitrogens with zero attached hydrogens (tertiary/aromatic N) is 4. The van der Waals surface area contributed by atoms with Crippen molar-refractivity contribution in [1.29, 1.82) is 0 Å². The second kappa shape index (κ2) is 11.8. The Hall–Kier alpha value is -4.30. The minimum Gasteiger partial charge on any atom is -0.367 e. The minimum absolute atomic E-state index is 0.207. The molecule has 2 N–H and O–H groups in total. The Bertz CT molecular complexity index is 1370. The number of rotatable bonds is 8. The summed E-state index contributed by atoms with van der Waals surface area (Å²) in [6.07, 6.45) is 0. The molecule has 38 heavy (non-hydrogen) atoms. The number of aromatic nitrogens is 2. The predicted octanol–water partition coefficient (Wildman–Crippen LogP) is 5.10. The van der Waals surface area contributed by atoms with Crippen LogP contribution in [0.15, 0.2) is 84.9 Å². The van der Waals surface area contributed by atoms with Gasteiger partial charge in [-0.2, -0.15) is 0 Å². The van der Waals surface area contributed by atoms with Crippen LogP contribution >= 0.6 is 0 Å². The van der Waals surface area contributed by atoms with E-state index in [0.29, 0.717) is 23.6 Å². The van der Waals surface area contributed by atoms with E-state index in [2.05, 4.69) is 37.6 Å². The maximum absolute atomic E-state index is 14.6. The van der Waals surface area contributed by atoms with Gasteiger partial charge in [0, 0.05) is 49.5 Å². The Morgan fingerprint density at radius 2 is 1.71 bits per heavy atom. The van der Waals surface area contributed by atoms with Gasteiger partial charge >= 0.3 is 0 Å². The standard InChI is InChI=1S/C30H31FN6O/c1-2-36-15-17-37(18-16-36)28-19-22(11-12-26(28)31)21-32-30(38)24-9-6-10-25(20-24)33-29-14-13-27(34-35-29)23-7-4-3-5-8-23/h3-14,19-20H,2,15-18,21H2,1H3,(H,32,38)(H,33,35). The first-order chi connectivity index (χ1) is 18.6. The molecule has 0 spiro atoms. The number of carbonyl (C=O) groups is 1. The quantitative estimate of drug-likeness (QED) is 0.344. The van der Waals surface area contributed by atoms with Crippen LogP contribution in [0.5, 0.6) is 0 Å². The van der Waals surface area contributed by atoms with Crippen LogP contribution in [0.25, 0.3) is 11.3 Å². The maximum Gasteiger partial charge on any atom is 0.251 e. The van der Waals surface area contributed by atoms with E-state index in [0.717, 1.165) is 55.2 Å². The number of anilines is 3. The van der Waals surface area contributed by atoms with Gasteiger partial charge in [0.1, 0.15) is 5.82 Å². The van der Waals surface area contributed by atoms with Crippen LogP contribution in [0.2, 0.25) is 0 Å². The summed E-state index contributed by atoms with van der Waals surface area (Å²) in [4.78, 5) is 17.3. The molecule has 194 valence electrons. The van der Waals surface area contributed by atoms with Crippen LogP contribution in [0, 0.1) is 5.82 Å². The molecule has 0 unspecified atom stereocenters. The van der Waals surface area contributed by atoms with Crippen molar-refractivity contribution in [1.82, 2.24) is 20.4 Å². The van der Waals surface area contributed by atoms with E-state index in [1.54, 1.807) is 18.2 Å². The molecule has 5 rings (SSSR count). The molecule has 1 aliphatic rings. The van der Waals surface area contributed by atoms with Crippen molar-refractivity contribution in [3.8, 4) is 11.3 Å². The molecule has 4 aromatic rings. The molecule has 0 saturated carbocycles. The Morgan fingerprint density at radius 3 is 2.45 bits per heavy atom. The third kappa shape index (κ3) is 6.15. The summed E-state index contributed by atoms with van der Waals surface area (Å²) >= 11 is 0. The highest BCUT2D eigenvalue weighted by atomic mass is 19.1. The van der Waals surface area contributed by atoms with Crippen molar-refractivity contribution >= 4 is 23.1 Å². The number of piperazine rings is 1. The molecule has 3 aromatic carbocycles. The monoisotopic (exact) mass is 510 g/mol. The molecular weight excluding hydrogens is 479 g/mol. The molecule has 1 aromatic heterocycles. The first-order valence-corrected chi connectivity index (χ1v) is 12.9. The summed E-state index contributed by atoms with van der Waals surface area (Å²) in [6.45, 7) is 6.88. The van der Waals surface area contributed by atoms with E-state index >= 15 is 0 Å². The fourth-order valence-electron chi connectivity index (χ4n) is 4.55. The summed E-state index contributed by atoms with van der Waals surface area (Å²) in [7, 11) is 0. The van der Waals surface area contributed by atoms with Crippen molar-refractivity contribution in [2.24, 2.45) is 0 Å². The van der Waals surface area contributed by atoms with Gasteiger partial charge in [-0.3, -0.25) is 4.79 Å². The van der Waals surface area contributed by atoms with E-state index in [1.165, 1.54) is 6.07 Å². The van der Waals surface area contributed by atoms with Crippen LogP contribution in [0.4, 0.5) is 21.6 Å². The third-order valence-corrected chi connectivity index (χ3v) is 6.76. The van der Waals surface area contributed by atoms with Crippen LogP contribution in [0.1, 0.15) is 22.8 Å². The molecule has 0 atom stereocenters. The van der Waals surface area contributed by atoms with Gasteiger partial charge in [-0.25, -0.2) is 4.39 Å². The average Bonchev–Trinajstić information content (AvgIpc) is 2.97. The van der Waals surface area contributed by atoms with E-state index in [4.69, 9.17) is 0 Å². The van der Waals surface area contributed by atoms with E-state index in [9.17, 15) is 9.18 Å². The lowest BCUT2D eigenvalue weighted by molar-refractivity contribution is 0.0951. The molecule has 1 aliphatic heterocycles. The van der Waals surface area contributed by atoms with Gasteiger partial charge in [0.05, 0.1) is 11.4 Å². The van der Waals surface area contributed by atoms with Crippen LogP contribution in [-0.4, -0.2) is 53.7 Å². The highest BCUT2D eigenvalue weighted by molar-refractivity contribution is 5.95. The highest BCUT2D eigenvalue weighted by Gasteiger charge is 2.19. The Kier molecular flexibility index (Phi) is 7.89. The molecule has 2 heterocycles. The molecule has 0 bridgehead atoms. The molecule has 1 fully saturated rings.